The summed E-state index contributed by atoms with van der Waals surface area (Å²) in [6.45, 7) is 1.05. The molecular formula is C13H15N3O4S. The number of hydrogen-bond donors (Lipinski definition) is 1. The van der Waals surface area contributed by atoms with Crippen molar-refractivity contribution in [2.45, 2.75) is 25.5 Å². The molecule has 2 aromatic heterocycles. The van der Waals surface area contributed by atoms with E-state index in [0.717, 1.165) is 29.0 Å². The number of amides is 1. The highest BCUT2D eigenvalue weighted by Crippen LogP contribution is 2.20. The molecule has 0 aromatic carbocycles. The number of hydrogen-bond acceptors (Lipinski definition) is 6. The zero-order chi connectivity index (χ0) is 14.7. The average Bonchev–Trinajstić information content (AvgIpc) is 3.18. The van der Waals surface area contributed by atoms with Crippen LogP contribution in [0, 0.1) is 0 Å². The van der Waals surface area contributed by atoms with Crippen LogP contribution in [0.25, 0.3) is 10.8 Å². The number of aromatic nitrogens is 2. The molecule has 7 nitrogen and oxygen atoms in total. The van der Waals surface area contributed by atoms with Gasteiger partial charge in [-0.1, -0.05) is 6.07 Å². The van der Waals surface area contributed by atoms with Gasteiger partial charge in [-0.25, -0.2) is 4.79 Å². The van der Waals surface area contributed by atoms with Crippen LogP contribution in [0.4, 0.5) is 0 Å². The zero-order valence-corrected chi connectivity index (χ0v) is 12.1. The quantitative estimate of drug-likeness (QED) is 0.885. The molecule has 3 rings (SSSR count). The van der Waals surface area contributed by atoms with Crippen LogP contribution in [0.5, 0.6) is 0 Å². The van der Waals surface area contributed by atoms with Gasteiger partial charge in [-0.3, -0.25) is 4.79 Å². The summed E-state index contributed by atoms with van der Waals surface area (Å²) in [5.41, 5.74) is 0. The van der Waals surface area contributed by atoms with E-state index in [0.29, 0.717) is 6.54 Å². The first-order valence-electron chi connectivity index (χ1n) is 6.72. The summed E-state index contributed by atoms with van der Waals surface area (Å²) in [6, 6.07) is 3.64. The highest BCUT2D eigenvalue weighted by atomic mass is 32.1. The van der Waals surface area contributed by atoms with Gasteiger partial charge in [-0.2, -0.15) is 4.68 Å². The second-order valence-electron chi connectivity index (χ2n) is 4.75. The lowest BCUT2D eigenvalue weighted by molar-refractivity contribution is -0.122. The minimum Gasteiger partial charge on any atom is -0.387 e. The van der Waals surface area contributed by atoms with Gasteiger partial charge in [-0.05, 0) is 24.3 Å². The Bertz CT molecular complexity index is 655. The maximum absolute atomic E-state index is 11.8. The van der Waals surface area contributed by atoms with Crippen molar-refractivity contribution in [1.82, 2.24) is 15.1 Å². The Labute approximate surface area is 124 Å². The van der Waals surface area contributed by atoms with E-state index >= 15 is 0 Å². The molecule has 1 aliphatic heterocycles. The number of carbonyl (C=O) groups is 1. The Hall–Kier alpha value is -1.93. The first-order chi connectivity index (χ1) is 10.2. The van der Waals surface area contributed by atoms with Crippen LogP contribution in [0.15, 0.2) is 26.7 Å². The van der Waals surface area contributed by atoms with E-state index in [-0.39, 0.29) is 24.4 Å². The van der Waals surface area contributed by atoms with Gasteiger partial charge < -0.3 is 14.5 Å². The lowest BCUT2D eigenvalue weighted by Crippen LogP contribution is -2.36. The third kappa shape index (κ3) is 3.40. The van der Waals surface area contributed by atoms with Crippen LogP contribution in [0.2, 0.25) is 0 Å². The monoisotopic (exact) mass is 309 g/mol. The molecule has 112 valence electrons. The lowest BCUT2D eigenvalue weighted by Gasteiger charge is -2.10. The molecule has 0 spiro atoms. The van der Waals surface area contributed by atoms with Gasteiger partial charge in [0.1, 0.15) is 6.54 Å². The van der Waals surface area contributed by atoms with Gasteiger partial charge >= 0.3 is 5.76 Å². The summed E-state index contributed by atoms with van der Waals surface area (Å²) in [4.78, 5) is 24.2. The third-order valence-electron chi connectivity index (χ3n) is 3.18. The zero-order valence-electron chi connectivity index (χ0n) is 11.3. The maximum Gasteiger partial charge on any atom is 0.437 e. The number of carbonyl (C=O) groups excluding carboxylic acids is 1. The van der Waals surface area contributed by atoms with Crippen LogP contribution < -0.4 is 11.1 Å². The maximum atomic E-state index is 11.8. The van der Waals surface area contributed by atoms with Crippen molar-refractivity contribution >= 4 is 17.2 Å². The Morgan fingerprint density at radius 1 is 1.57 bits per heavy atom. The smallest absolute Gasteiger partial charge is 0.387 e. The van der Waals surface area contributed by atoms with Crippen molar-refractivity contribution in [1.29, 1.82) is 0 Å². The van der Waals surface area contributed by atoms with Crippen LogP contribution in [-0.4, -0.2) is 34.9 Å². The molecule has 1 N–H and O–H groups in total. The predicted molar refractivity (Wildman–Crippen MR) is 76.1 cm³/mol. The van der Waals surface area contributed by atoms with Crippen molar-refractivity contribution in [3.8, 4) is 10.8 Å². The molecule has 2 aromatic rings. The first-order valence-corrected chi connectivity index (χ1v) is 7.60. The minimum absolute atomic E-state index is 0.0738. The standard InChI is InChI=1S/C13H15N3O4S/c17-11(14-7-9-3-1-5-19-9)8-16-13(18)20-12(15-16)10-4-2-6-21-10/h2,4,6,9H,1,3,5,7-8H2,(H,14,17). The van der Waals surface area contributed by atoms with Crippen molar-refractivity contribution in [3.05, 3.63) is 28.1 Å². The molecule has 1 unspecified atom stereocenters. The highest BCUT2D eigenvalue weighted by molar-refractivity contribution is 7.13. The molecular weight excluding hydrogens is 294 g/mol. The van der Waals surface area contributed by atoms with E-state index in [2.05, 4.69) is 10.4 Å². The molecule has 1 fully saturated rings. The summed E-state index contributed by atoms with van der Waals surface area (Å²) in [5, 5.41) is 8.63. The molecule has 8 heteroatoms. The van der Waals surface area contributed by atoms with Gasteiger partial charge in [0.2, 0.25) is 5.91 Å². The van der Waals surface area contributed by atoms with E-state index in [1.54, 1.807) is 6.07 Å². The Morgan fingerprint density at radius 3 is 3.19 bits per heavy atom. The van der Waals surface area contributed by atoms with E-state index in [4.69, 9.17) is 9.15 Å². The number of rotatable bonds is 5. The lowest BCUT2D eigenvalue weighted by atomic mass is 10.2. The molecule has 1 aliphatic rings. The Balaban J connectivity index is 1.59. The fourth-order valence-electron chi connectivity index (χ4n) is 2.13. The van der Waals surface area contributed by atoms with Crippen LogP contribution >= 0.6 is 11.3 Å². The molecule has 21 heavy (non-hydrogen) atoms. The third-order valence-corrected chi connectivity index (χ3v) is 4.04. The normalized spacial score (nSPS) is 18.0. The van der Waals surface area contributed by atoms with Crippen molar-refractivity contribution in [2.24, 2.45) is 0 Å². The number of ether oxygens (including phenoxy) is 1. The molecule has 0 saturated carbocycles. The Kier molecular flexibility index (Phi) is 4.16. The van der Waals surface area contributed by atoms with Crippen LogP contribution in [-0.2, 0) is 16.1 Å². The average molecular weight is 309 g/mol. The van der Waals surface area contributed by atoms with Crippen molar-refractivity contribution in [2.75, 3.05) is 13.2 Å². The summed E-state index contributed by atoms with van der Waals surface area (Å²) in [6.07, 6.45) is 2.05. The number of thiophene rings is 1. The van der Waals surface area contributed by atoms with Gasteiger partial charge in [0.05, 0.1) is 11.0 Å². The van der Waals surface area contributed by atoms with Crippen molar-refractivity contribution in [3.63, 3.8) is 0 Å². The Morgan fingerprint density at radius 2 is 2.48 bits per heavy atom. The molecule has 3 heterocycles. The van der Waals surface area contributed by atoms with Gasteiger partial charge in [0.15, 0.2) is 0 Å². The first kappa shape index (κ1) is 14.0. The molecule has 0 bridgehead atoms. The SMILES string of the molecule is O=C(Cn1nc(-c2cccs2)oc1=O)NCC1CCCO1. The predicted octanol–water partition coefficient (Wildman–Crippen LogP) is 0.860. The van der Waals surface area contributed by atoms with E-state index < -0.39 is 5.76 Å². The molecule has 0 radical (unpaired) electrons. The largest absolute Gasteiger partial charge is 0.437 e. The molecule has 1 saturated heterocycles. The molecule has 1 atom stereocenters. The van der Waals surface area contributed by atoms with Gasteiger partial charge in [-0.15, -0.1) is 16.4 Å². The van der Waals surface area contributed by atoms with Crippen LogP contribution in [0.1, 0.15) is 12.8 Å². The molecule has 1 amide bonds. The summed E-state index contributed by atoms with van der Waals surface area (Å²) < 4.78 is 11.5. The highest BCUT2D eigenvalue weighted by Gasteiger charge is 2.17. The van der Waals surface area contributed by atoms with Crippen LogP contribution in [0.3, 0.4) is 0 Å². The van der Waals surface area contributed by atoms with E-state index in [1.165, 1.54) is 11.3 Å². The van der Waals surface area contributed by atoms with E-state index in [9.17, 15) is 9.59 Å². The van der Waals surface area contributed by atoms with Gasteiger partial charge in [0, 0.05) is 13.2 Å². The second-order valence-corrected chi connectivity index (χ2v) is 5.69. The fourth-order valence-corrected chi connectivity index (χ4v) is 2.78. The van der Waals surface area contributed by atoms with Gasteiger partial charge in [0.25, 0.3) is 5.89 Å². The fraction of sp³-hybridized carbons (Fsp3) is 0.462. The number of nitrogens with zero attached hydrogens (tertiary/aromatic N) is 2. The topological polar surface area (TPSA) is 86.4 Å². The van der Waals surface area contributed by atoms with Crippen molar-refractivity contribution < 1.29 is 13.9 Å². The minimum atomic E-state index is -0.634. The summed E-state index contributed by atoms with van der Waals surface area (Å²) >= 11 is 1.42. The number of nitrogens with one attached hydrogen (secondary N) is 1. The second kappa shape index (κ2) is 6.23. The van der Waals surface area contributed by atoms with E-state index in [1.807, 2.05) is 11.4 Å². The summed E-state index contributed by atoms with van der Waals surface area (Å²) in [5.74, 6) is -0.675. The molecule has 0 aliphatic carbocycles. The summed E-state index contributed by atoms with van der Waals surface area (Å²) in [7, 11) is 0.